The monoisotopic (exact) mass is 235 g/mol. The molecule has 0 aromatic carbocycles. The van der Waals surface area contributed by atoms with Gasteiger partial charge in [0.1, 0.15) is 6.04 Å². The van der Waals surface area contributed by atoms with Crippen LogP contribution in [0.15, 0.2) is 0 Å². The highest BCUT2D eigenvalue weighted by Gasteiger charge is 2.44. The molecule has 4 heteroatoms. The molecule has 1 aromatic rings. The summed E-state index contributed by atoms with van der Waals surface area (Å²) in [5, 5.41) is 0. The van der Waals surface area contributed by atoms with Crippen LogP contribution in [0.1, 0.15) is 33.3 Å². The molecule has 16 heavy (non-hydrogen) atoms. The van der Waals surface area contributed by atoms with Gasteiger partial charge in [-0.05, 0) is 31.4 Å². The van der Waals surface area contributed by atoms with Crippen molar-refractivity contribution in [3.05, 3.63) is 20.9 Å². The Bertz CT molecular complexity index is 503. The van der Waals surface area contributed by atoms with E-state index in [9.17, 15) is 9.59 Å². The lowest BCUT2D eigenvalue weighted by Crippen LogP contribution is -2.35. The number of hydrogen-bond acceptors (Lipinski definition) is 3. The number of amides is 1. The second-order valence-electron chi connectivity index (χ2n) is 4.50. The van der Waals surface area contributed by atoms with Crippen molar-refractivity contribution in [3.8, 4) is 0 Å². The average molecular weight is 235 g/mol. The first-order valence-corrected chi connectivity index (χ1v) is 6.32. The van der Waals surface area contributed by atoms with Crippen LogP contribution in [0.25, 0.3) is 0 Å². The topological polar surface area (TPSA) is 37.4 Å². The van der Waals surface area contributed by atoms with Crippen LogP contribution >= 0.6 is 11.3 Å². The van der Waals surface area contributed by atoms with E-state index in [0.717, 1.165) is 12.0 Å². The van der Waals surface area contributed by atoms with Gasteiger partial charge in [-0.2, -0.15) is 0 Å². The molecular formula is C12H13NO2S. The van der Waals surface area contributed by atoms with Crippen molar-refractivity contribution in [2.24, 2.45) is 0 Å². The average Bonchev–Trinajstić information content (AvgIpc) is 2.68. The normalized spacial score (nSPS) is 23.6. The Morgan fingerprint density at radius 1 is 1.31 bits per heavy atom. The number of hydrogen-bond donors (Lipinski definition) is 0. The number of rotatable bonds is 0. The molecule has 1 unspecified atom stereocenters. The molecule has 1 saturated heterocycles. The molecule has 0 spiro atoms. The fourth-order valence-electron chi connectivity index (χ4n) is 2.72. The van der Waals surface area contributed by atoms with Crippen LogP contribution in [-0.2, 0) is 16.0 Å². The summed E-state index contributed by atoms with van der Waals surface area (Å²) < 4.78 is 0. The second-order valence-corrected chi connectivity index (χ2v) is 5.81. The van der Waals surface area contributed by atoms with Gasteiger partial charge in [-0.25, -0.2) is 0 Å². The molecule has 0 saturated carbocycles. The van der Waals surface area contributed by atoms with E-state index in [1.54, 1.807) is 16.2 Å². The largest absolute Gasteiger partial charge is 0.328 e. The van der Waals surface area contributed by atoms with E-state index in [4.69, 9.17) is 0 Å². The van der Waals surface area contributed by atoms with Gasteiger partial charge in [0.05, 0.1) is 6.42 Å². The Kier molecular flexibility index (Phi) is 1.98. The molecule has 1 fully saturated rings. The predicted octanol–water partition coefficient (Wildman–Crippen LogP) is 1.76. The number of Topliss-reactive ketones (excluding diaryl/α,β-unsaturated/α-hetero) is 1. The summed E-state index contributed by atoms with van der Waals surface area (Å²) in [5.41, 5.74) is 2.34. The van der Waals surface area contributed by atoms with Gasteiger partial charge in [-0.3, -0.25) is 9.59 Å². The first-order valence-electron chi connectivity index (χ1n) is 5.50. The van der Waals surface area contributed by atoms with Crippen LogP contribution in [0.2, 0.25) is 0 Å². The molecule has 3 rings (SSSR count). The van der Waals surface area contributed by atoms with E-state index in [1.165, 1.54) is 15.3 Å². The number of ketones is 1. The number of carbonyl (C=O) groups is 2. The van der Waals surface area contributed by atoms with E-state index in [1.807, 2.05) is 0 Å². The van der Waals surface area contributed by atoms with Gasteiger partial charge in [-0.15, -0.1) is 11.3 Å². The van der Waals surface area contributed by atoms with Crippen molar-refractivity contribution in [1.82, 2.24) is 4.90 Å². The highest BCUT2D eigenvalue weighted by Crippen LogP contribution is 2.42. The predicted molar refractivity (Wildman–Crippen MR) is 61.6 cm³/mol. The Morgan fingerprint density at radius 2 is 2.06 bits per heavy atom. The van der Waals surface area contributed by atoms with Crippen LogP contribution in [0.4, 0.5) is 0 Å². The summed E-state index contributed by atoms with van der Waals surface area (Å²) >= 11 is 1.78. The van der Waals surface area contributed by atoms with E-state index in [2.05, 4.69) is 13.8 Å². The fraction of sp³-hybridized carbons (Fsp3) is 0.500. The van der Waals surface area contributed by atoms with Crippen molar-refractivity contribution in [1.29, 1.82) is 0 Å². The van der Waals surface area contributed by atoms with E-state index in [-0.39, 0.29) is 24.2 Å². The fourth-order valence-corrected chi connectivity index (χ4v) is 3.92. The first-order chi connectivity index (χ1) is 7.59. The van der Waals surface area contributed by atoms with E-state index < -0.39 is 0 Å². The molecule has 1 amide bonds. The molecule has 1 aromatic heterocycles. The number of carbonyl (C=O) groups excluding carboxylic acids is 2. The maximum Gasteiger partial charge on any atom is 0.231 e. The molecule has 1 atom stereocenters. The quantitative estimate of drug-likeness (QED) is 0.643. The Hall–Kier alpha value is -1.16. The van der Waals surface area contributed by atoms with Crippen LogP contribution in [0.5, 0.6) is 0 Å². The number of nitrogens with zero attached hydrogens (tertiary/aromatic N) is 1. The smallest absolute Gasteiger partial charge is 0.231 e. The van der Waals surface area contributed by atoms with Crippen molar-refractivity contribution >= 4 is 23.0 Å². The minimum absolute atomic E-state index is 0.00361. The number of fused-ring (bicyclic) bond motifs is 3. The van der Waals surface area contributed by atoms with Gasteiger partial charge in [-0.1, -0.05) is 0 Å². The first kappa shape index (κ1) is 10.0. The van der Waals surface area contributed by atoms with Crippen LogP contribution in [0, 0.1) is 13.8 Å². The molecule has 0 N–H and O–H groups in total. The van der Waals surface area contributed by atoms with Crippen LogP contribution in [-0.4, -0.2) is 23.1 Å². The van der Waals surface area contributed by atoms with Gasteiger partial charge < -0.3 is 4.90 Å². The van der Waals surface area contributed by atoms with E-state index >= 15 is 0 Å². The zero-order valence-electron chi connectivity index (χ0n) is 9.37. The van der Waals surface area contributed by atoms with Crippen molar-refractivity contribution in [2.75, 3.05) is 6.54 Å². The molecule has 2 aliphatic rings. The lowest BCUT2D eigenvalue weighted by Gasteiger charge is -2.29. The van der Waals surface area contributed by atoms with Gasteiger partial charge >= 0.3 is 0 Å². The molecular weight excluding hydrogens is 222 g/mol. The lowest BCUT2D eigenvalue weighted by atomic mass is 9.95. The molecule has 0 radical (unpaired) electrons. The highest BCUT2D eigenvalue weighted by molar-refractivity contribution is 7.12. The zero-order valence-corrected chi connectivity index (χ0v) is 10.2. The van der Waals surface area contributed by atoms with Crippen LogP contribution in [0.3, 0.4) is 0 Å². The SMILES string of the molecule is Cc1sc2c(c1C)C1C(=O)CC(=O)N1CC2. The number of aryl methyl sites for hydroxylation is 1. The maximum absolute atomic E-state index is 11.9. The second kappa shape index (κ2) is 3.17. The summed E-state index contributed by atoms with van der Waals surface area (Å²) in [6.45, 7) is 4.86. The third kappa shape index (κ3) is 1.13. The maximum atomic E-state index is 11.9. The summed E-state index contributed by atoms with van der Waals surface area (Å²) in [4.78, 5) is 27.9. The highest BCUT2D eigenvalue weighted by atomic mass is 32.1. The third-order valence-corrected chi connectivity index (χ3v) is 4.91. The van der Waals surface area contributed by atoms with Crippen molar-refractivity contribution in [3.63, 3.8) is 0 Å². The summed E-state index contributed by atoms with van der Waals surface area (Å²) in [7, 11) is 0. The van der Waals surface area contributed by atoms with Gasteiger partial charge in [0.2, 0.25) is 5.91 Å². The Labute approximate surface area is 98.1 Å². The van der Waals surface area contributed by atoms with Crippen LogP contribution < -0.4 is 0 Å². The van der Waals surface area contributed by atoms with Gasteiger partial charge in [0, 0.05) is 16.3 Å². The Balaban J connectivity index is 2.18. The Morgan fingerprint density at radius 3 is 2.81 bits per heavy atom. The molecule has 3 nitrogen and oxygen atoms in total. The lowest BCUT2D eigenvalue weighted by molar-refractivity contribution is -0.129. The third-order valence-electron chi connectivity index (χ3n) is 3.62. The van der Waals surface area contributed by atoms with Crippen molar-refractivity contribution in [2.45, 2.75) is 32.7 Å². The zero-order chi connectivity index (χ0) is 11.4. The van der Waals surface area contributed by atoms with Crippen molar-refractivity contribution < 1.29 is 9.59 Å². The molecule has 2 aliphatic heterocycles. The molecule has 84 valence electrons. The van der Waals surface area contributed by atoms with Gasteiger partial charge in [0.25, 0.3) is 0 Å². The summed E-state index contributed by atoms with van der Waals surface area (Å²) in [5.74, 6) is 0.0794. The standard InChI is InChI=1S/C12H13NO2S/c1-6-7(2)16-9-3-4-13-10(15)5-8(14)12(13)11(6)9/h12H,3-5H2,1-2H3. The number of thiophene rings is 1. The minimum Gasteiger partial charge on any atom is -0.328 e. The summed E-state index contributed by atoms with van der Waals surface area (Å²) in [6.07, 6.45) is 1.00. The van der Waals surface area contributed by atoms with E-state index in [0.29, 0.717) is 6.54 Å². The molecule has 3 heterocycles. The minimum atomic E-state index is -0.263. The van der Waals surface area contributed by atoms with Gasteiger partial charge in [0.15, 0.2) is 5.78 Å². The molecule has 0 bridgehead atoms. The molecule has 0 aliphatic carbocycles. The summed E-state index contributed by atoms with van der Waals surface area (Å²) in [6, 6.07) is -0.263.